The van der Waals surface area contributed by atoms with Crippen molar-refractivity contribution < 1.29 is 4.79 Å². The normalized spacial score (nSPS) is 10.5. The zero-order valence-corrected chi connectivity index (χ0v) is 14.6. The predicted octanol–water partition coefficient (Wildman–Crippen LogP) is 4.81. The summed E-state index contributed by atoms with van der Waals surface area (Å²) in [5.41, 5.74) is 0. The number of carbonyl (C=O) groups is 1. The standard InChI is InChI=1S/C8H5Br4NOS/c1-3(14)2-15-6-4(9)7(11)13-8(12)5(6)10/h2H2,1H3. The molecule has 1 rings (SSSR count). The molecule has 0 aromatic carbocycles. The second-order valence-electron chi connectivity index (χ2n) is 2.64. The van der Waals surface area contributed by atoms with Crippen molar-refractivity contribution in [2.75, 3.05) is 5.75 Å². The van der Waals surface area contributed by atoms with Crippen molar-refractivity contribution in [2.45, 2.75) is 11.8 Å². The van der Waals surface area contributed by atoms with Crippen molar-refractivity contribution >= 4 is 81.3 Å². The van der Waals surface area contributed by atoms with Gasteiger partial charge >= 0.3 is 0 Å². The number of nitrogens with zero attached hydrogens (tertiary/aromatic N) is 1. The summed E-state index contributed by atoms with van der Waals surface area (Å²) in [5, 5.41) is 0. The van der Waals surface area contributed by atoms with Crippen LogP contribution in [0.4, 0.5) is 0 Å². The molecule has 82 valence electrons. The van der Waals surface area contributed by atoms with Gasteiger partial charge in [-0.2, -0.15) is 0 Å². The molecule has 0 atom stereocenters. The number of Topliss-reactive ketones (excluding diaryl/α,β-unsaturated/α-hetero) is 1. The maximum atomic E-state index is 10.9. The Balaban J connectivity index is 3.09. The highest BCUT2D eigenvalue weighted by molar-refractivity contribution is 9.13. The number of hydrogen-bond donors (Lipinski definition) is 0. The van der Waals surface area contributed by atoms with Gasteiger partial charge in [0.1, 0.15) is 15.0 Å². The number of pyridine rings is 1. The van der Waals surface area contributed by atoms with Crippen molar-refractivity contribution in [2.24, 2.45) is 0 Å². The van der Waals surface area contributed by atoms with Gasteiger partial charge in [-0.05, 0) is 70.6 Å². The van der Waals surface area contributed by atoms with Gasteiger partial charge in [0.15, 0.2) is 0 Å². The van der Waals surface area contributed by atoms with E-state index in [2.05, 4.69) is 68.7 Å². The molecule has 0 fully saturated rings. The predicted molar refractivity (Wildman–Crippen MR) is 76.4 cm³/mol. The minimum absolute atomic E-state index is 0.142. The molecule has 0 bridgehead atoms. The molecule has 1 aromatic rings. The first-order valence-electron chi connectivity index (χ1n) is 3.75. The van der Waals surface area contributed by atoms with E-state index < -0.39 is 0 Å². The molecule has 0 aliphatic carbocycles. The lowest BCUT2D eigenvalue weighted by Gasteiger charge is -2.08. The van der Waals surface area contributed by atoms with E-state index in [9.17, 15) is 4.79 Å². The fourth-order valence-electron chi connectivity index (χ4n) is 0.769. The third kappa shape index (κ3) is 3.80. The molecule has 0 radical (unpaired) electrons. The number of thioether (sulfide) groups is 1. The molecule has 0 unspecified atom stereocenters. The van der Waals surface area contributed by atoms with Crippen LogP contribution in [0.1, 0.15) is 6.92 Å². The number of ketones is 1. The zero-order valence-electron chi connectivity index (χ0n) is 7.48. The van der Waals surface area contributed by atoms with Gasteiger partial charge in [0.05, 0.1) is 14.7 Å². The van der Waals surface area contributed by atoms with Crippen LogP contribution < -0.4 is 0 Å². The van der Waals surface area contributed by atoms with E-state index in [-0.39, 0.29) is 5.78 Å². The minimum atomic E-state index is 0.142. The lowest BCUT2D eigenvalue weighted by molar-refractivity contribution is -0.114. The molecule has 0 amide bonds. The van der Waals surface area contributed by atoms with Crippen molar-refractivity contribution in [3.05, 3.63) is 18.2 Å². The second kappa shape index (κ2) is 6.14. The van der Waals surface area contributed by atoms with Crippen LogP contribution >= 0.6 is 75.5 Å². The second-order valence-corrected chi connectivity index (χ2v) is 6.72. The molecule has 2 nitrogen and oxygen atoms in total. The monoisotopic (exact) mass is 479 g/mol. The van der Waals surface area contributed by atoms with Crippen LogP contribution in [-0.2, 0) is 4.79 Å². The Morgan fingerprint density at radius 3 is 2.07 bits per heavy atom. The quantitative estimate of drug-likeness (QED) is 0.457. The third-order valence-electron chi connectivity index (χ3n) is 1.38. The SMILES string of the molecule is CC(=O)CSc1c(Br)c(Br)nc(Br)c1Br. The number of hydrogen-bond acceptors (Lipinski definition) is 3. The van der Waals surface area contributed by atoms with E-state index in [0.29, 0.717) is 15.0 Å². The number of rotatable bonds is 3. The number of aromatic nitrogens is 1. The Morgan fingerprint density at radius 1 is 1.20 bits per heavy atom. The smallest absolute Gasteiger partial charge is 0.140 e. The molecule has 0 N–H and O–H groups in total. The molecule has 1 aromatic heterocycles. The number of carbonyl (C=O) groups excluding carboxylic acids is 1. The summed E-state index contributed by atoms with van der Waals surface area (Å²) in [7, 11) is 0. The Kier molecular flexibility index (Phi) is 5.79. The zero-order chi connectivity index (χ0) is 11.6. The fourth-order valence-corrected chi connectivity index (χ4v) is 4.34. The van der Waals surface area contributed by atoms with Gasteiger partial charge in [-0.25, -0.2) is 4.98 Å². The van der Waals surface area contributed by atoms with Crippen LogP contribution in [0.15, 0.2) is 23.0 Å². The van der Waals surface area contributed by atoms with Gasteiger partial charge in [-0.3, -0.25) is 4.79 Å². The Morgan fingerprint density at radius 2 is 1.67 bits per heavy atom. The molecular weight excluding hydrogens is 478 g/mol. The maximum absolute atomic E-state index is 10.9. The summed E-state index contributed by atoms with van der Waals surface area (Å²) in [6.45, 7) is 1.57. The Hall–Kier alpha value is 1.09. The Labute approximate surface area is 126 Å². The van der Waals surface area contributed by atoms with Crippen molar-refractivity contribution in [1.29, 1.82) is 0 Å². The molecule has 0 aliphatic rings. The molecule has 7 heteroatoms. The van der Waals surface area contributed by atoms with Gasteiger partial charge in [-0.15, -0.1) is 11.8 Å². The summed E-state index contributed by atoms with van der Waals surface area (Å²) in [4.78, 5) is 16.1. The van der Waals surface area contributed by atoms with Gasteiger partial charge in [0, 0.05) is 4.90 Å². The molecule has 0 spiro atoms. The molecule has 0 saturated carbocycles. The lowest BCUT2D eigenvalue weighted by atomic mass is 10.5. The fraction of sp³-hybridized carbons (Fsp3) is 0.250. The summed E-state index contributed by atoms with van der Waals surface area (Å²) in [6, 6.07) is 0. The van der Waals surface area contributed by atoms with E-state index >= 15 is 0 Å². The highest BCUT2D eigenvalue weighted by Crippen LogP contribution is 2.41. The van der Waals surface area contributed by atoms with E-state index in [0.717, 1.165) is 13.8 Å². The topological polar surface area (TPSA) is 30.0 Å². The third-order valence-corrected chi connectivity index (χ3v) is 6.91. The summed E-state index contributed by atoms with van der Waals surface area (Å²) in [6.07, 6.45) is 0. The van der Waals surface area contributed by atoms with Crippen LogP contribution in [0.25, 0.3) is 0 Å². The first-order valence-corrected chi connectivity index (χ1v) is 7.91. The molecule has 1 heterocycles. The van der Waals surface area contributed by atoms with Crippen molar-refractivity contribution in [3.63, 3.8) is 0 Å². The van der Waals surface area contributed by atoms with E-state index in [1.165, 1.54) is 11.8 Å². The van der Waals surface area contributed by atoms with Crippen molar-refractivity contribution in [1.82, 2.24) is 4.98 Å². The minimum Gasteiger partial charge on any atom is -0.299 e. The van der Waals surface area contributed by atoms with Crippen LogP contribution in [0.3, 0.4) is 0 Å². The Bertz CT molecular complexity index is 384. The summed E-state index contributed by atoms with van der Waals surface area (Å²) < 4.78 is 3.12. The average Bonchev–Trinajstić information content (AvgIpc) is 2.14. The van der Waals surface area contributed by atoms with Gasteiger partial charge < -0.3 is 0 Å². The highest BCUT2D eigenvalue weighted by atomic mass is 79.9. The van der Waals surface area contributed by atoms with Crippen molar-refractivity contribution in [3.8, 4) is 0 Å². The first-order chi connectivity index (χ1) is 6.93. The van der Waals surface area contributed by atoms with Crippen LogP contribution in [-0.4, -0.2) is 16.5 Å². The highest BCUT2D eigenvalue weighted by Gasteiger charge is 2.14. The summed E-state index contributed by atoms with van der Waals surface area (Å²) in [5.74, 6) is 0.586. The average molecular weight is 483 g/mol. The summed E-state index contributed by atoms with van der Waals surface area (Å²) >= 11 is 15.0. The molecule has 0 saturated heterocycles. The lowest BCUT2D eigenvalue weighted by Crippen LogP contribution is -1.95. The largest absolute Gasteiger partial charge is 0.299 e. The maximum Gasteiger partial charge on any atom is 0.140 e. The molecular formula is C8H5Br4NOS. The number of halogens is 4. The first kappa shape index (κ1) is 14.2. The van der Waals surface area contributed by atoms with Crippen LogP contribution in [0, 0.1) is 0 Å². The van der Waals surface area contributed by atoms with E-state index in [4.69, 9.17) is 0 Å². The van der Waals surface area contributed by atoms with Crippen LogP contribution in [0.2, 0.25) is 0 Å². The van der Waals surface area contributed by atoms with E-state index in [1.54, 1.807) is 6.92 Å². The van der Waals surface area contributed by atoms with Gasteiger partial charge in [0.2, 0.25) is 0 Å². The van der Waals surface area contributed by atoms with E-state index in [1.807, 2.05) is 0 Å². The van der Waals surface area contributed by atoms with Gasteiger partial charge in [-0.1, -0.05) is 0 Å². The van der Waals surface area contributed by atoms with Crippen LogP contribution in [0.5, 0.6) is 0 Å². The molecule has 0 aliphatic heterocycles. The van der Waals surface area contributed by atoms with Gasteiger partial charge in [0.25, 0.3) is 0 Å². The molecule has 15 heavy (non-hydrogen) atoms.